The van der Waals surface area contributed by atoms with Crippen LogP contribution in [0, 0.1) is 11.8 Å². The van der Waals surface area contributed by atoms with Crippen LogP contribution >= 0.6 is 0 Å². The van der Waals surface area contributed by atoms with Crippen molar-refractivity contribution in [1.29, 1.82) is 0 Å². The Bertz CT molecular complexity index is 1410. The second-order valence-electron chi connectivity index (χ2n) is 17.1. The monoisotopic (exact) mass is 843 g/mol. The summed E-state index contributed by atoms with van der Waals surface area (Å²) >= 11 is 0. The maximum absolute atomic E-state index is 13.4. The number of methoxy groups -OCH3 is 1. The number of aliphatic hydroxyl groups excluding tert-OH is 2. The average molecular weight is 844 g/mol. The van der Waals surface area contributed by atoms with Crippen molar-refractivity contribution >= 4 is 24.2 Å². The average Bonchev–Trinajstić information content (AvgIpc) is 3.89. The van der Waals surface area contributed by atoms with E-state index in [9.17, 15) is 34.5 Å². The summed E-state index contributed by atoms with van der Waals surface area (Å²) in [6, 6.07) is -0.783. The van der Waals surface area contributed by atoms with Crippen molar-refractivity contribution in [2.24, 2.45) is 11.8 Å². The molecule has 18 atom stereocenters. The number of ether oxygens (including phenoxy) is 9. The Kier molecular flexibility index (Phi) is 18.3. The summed E-state index contributed by atoms with van der Waals surface area (Å²) in [6.07, 6.45) is -7.41. The lowest BCUT2D eigenvalue weighted by Crippen LogP contribution is -2.66. The van der Waals surface area contributed by atoms with Crippen molar-refractivity contribution in [3.63, 3.8) is 0 Å². The van der Waals surface area contributed by atoms with E-state index in [0.29, 0.717) is 12.8 Å². The maximum atomic E-state index is 13.4. The van der Waals surface area contributed by atoms with Crippen LogP contribution in [-0.4, -0.2) is 163 Å². The van der Waals surface area contributed by atoms with Crippen molar-refractivity contribution in [3.8, 4) is 0 Å². The highest BCUT2D eigenvalue weighted by Crippen LogP contribution is 2.38. The number of carbonyl (C=O) groups is 4. The summed E-state index contributed by atoms with van der Waals surface area (Å²) in [5.74, 6) is -2.82. The maximum Gasteiger partial charge on any atom is 0.309 e. The van der Waals surface area contributed by atoms with E-state index in [0.717, 1.165) is 6.29 Å². The number of cyclic esters (lactones) is 1. The molecule has 0 unspecified atom stereocenters. The zero-order valence-corrected chi connectivity index (χ0v) is 36.3. The van der Waals surface area contributed by atoms with Gasteiger partial charge in [0.2, 0.25) is 0 Å². The largest absolute Gasteiger partial charge is 0.462 e. The van der Waals surface area contributed by atoms with E-state index >= 15 is 0 Å². The molecular weight excluding hydrogens is 774 g/mol. The van der Waals surface area contributed by atoms with Gasteiger partial charge in [-0.15, -0.1) is 0 Å². The third-order valence-electron chi connectivity index (χ3n) is 11.7. The van der Waals surface area contributed by atoms with Crippen LogP contribution < -0.4 is 0 Å². The third kappa shape index (κ3) is 13.2. The summed E-state index contributed by atoms with van der Waals surface area (Å²) < 4.78 is 54.6. The molecule has 3 fully saturated rings. The Morgan fingerprint density at radius 2 is 1.66 bits per heavy atom. The van der Waals surface area contributed by atoms with Gasteiger partial charge in [0.1, 0.15) is 48.5 Å². The molecule has 0 spiro atoms. The van der Waals surface area contributed by atoms with Gasteiger partial charge in [-0.25, -0.2) is 0 Å². The first-order valence-corrected chi connectivity index (χ1v) is 21.1. The first-order valence-electron chi connectivity index (χ1n) is 21.1. The number of rotatable bonds is 13. The van der Waals surface area contributed by atoms with Crippen molar-refractivity contribution in [2.45, 2.75) is 197 Å². The van der Waals surface area contributed by atoms with E-state index in [1.165, 1.54) is 7.11 Å². The number of aliphatic hydroxyl groups is 3. The predicted octanol–water partition coefficient (Wildman–Crippen LogP) is 2.37. The van der Waals surface area contributed by atoms with Crippen molar-refractivity contribution < 1.29 is 77.1 Å². The molecule has 3 saturated heterocycles. The van der Waals surface area contributed by atoms with Gasteiger partial charge in [0, 0.05) is 39.2 Å². The van der Waals surface area contributed by atoms with Crippen LogP contribution in [0.1, 0.15) is 99.8 Å². The van der Waals surface area contributed by atoms with Gasteiger partial charge in [0.25, 0.3) is 0 Å². The molecule has 3 N–H and O–H groups in total. The van der Waals surface area contributed by atoms with E-state index in [-0.39, 0.29) is 44.3 Å². The van der Waals surface area contributed by atoms with Gasteiger partial charge < -0.3 is 67.6 Å². The van der Waals surface area contributed by atoms with Crippen molar-refractivity contribution in [1.82, 2.24) is 4.90 Å². The van der Waals surface area contributed by atoms with Crippen LogP contribution in [-0.2, 0) is 61.8 Å². The quantitative estimate of drug-likeness (QED) is 0.0797. The van der Waals surface area contributed by atoms with Gasteiger partial charge in [-0.05, 0) is 66.5 Å². The number of hydrogen-bond acceptors (Lipinski definition) is 17. The molecule has 4 heterocycles. The molecule has 338 valence electrons. The van der Waals surface area contributed by atoms with Crippen LogP contribution in [0.5, 0.6) is 0 Å². The minimum Gasteiger partial charge on any atom is -0.462 e. The summed E-state index contributed by atoms with van der Waals surface area (Å²) in [5.41, 5.74) is -1.49. The molecule has 17 nitrogen and oxygen atoms in total. The van der Waals surface area contributed by atoms with Gasteiger partial charge >= 0.3 is 17.9 Å². The zero-order valence-electron chi connectivity index (χ0n) is 36.3. The normalized spacial score (nSPS) is 42.9. The highest BCUT2D eigenvalue weighted by atomic mass is 16.7. The zero-order chi connectivity index (χ0) is 43.8. The summed E-state index contributed by atoms with van der Waals surface area (Å²) in [6.45, 7) is 12.0. The lowest BCUT2D eigenvalue weighted by atomic mass is 9.82. The van der Waals surface area contributed by atoms with Gasteiger partial charge in [-0.3, -0.25) is 14.4 Å². The van der Waals surface area contributed by atoms with E-state index in [4.69, 9.17) is 42.6 Å². The molecule has 4 aliphatic heterocycles. The van der Waals surface area contributed by atoms with Crippen molar-refractivity contribution in [3.05, 3.63) is 12.2 Å². The second kappa shape index (κ2) is 22.0. The van der Waals surface area contributed by atoms with Crippen LogP contribution in [0.2, 0.25) is 0 Å². The molecule has 59 heavy (non-hydrogen) atoms. The molecule has 0 aromatic rings. The molecule has 0 saturated carbocycles. The molecule has 0 aromatic carbocycles. The minimum absolute atomic E-state index is 0.00487. The van der Waals surface area contributed by atoms with Gasteiger partial charge in [-0.1, -0.05) is 32.9 Å². The van der Waals surface area contributed by atoms with Gasteiger partial charge in [0.15, 0.2) is 18.7 Å². The molecule has 0 aromatic heterocycles. The molecule has 0 aliphatic carbocycles. The number of carbonyl (C=O) groups excluding carboxylic acids is 4. The minimum atomic E-state index is -1.49. The number of epoxide rings is 1. The van der Waals surface area contributed by atoms with E-state index < -0.39 is 121 Å². The van der Waals surface area contributed by atoms with E-state index in [2.05, 4.69) is 0 Å². The van der Waals surface area contributed by atoms with E-state index in [1.54, 1.807) is 65.8 Å². The van der Waals surface area contributed by atoms with Crippen LogP contribution in [0.3, 0.4) is 0 Å². The Hall–Kier alpha value is -2.58. The summed E-state index contributed by atoms with van der Waals surface area (Å²) in [4.78, 5) is 52.7. The number of esters is 3. The van der Waals surface area contributed by atoms with Crippen LogP contribution in [0.15, 0.2) is 12.2 Å². The number of hydrogen-bond donors (Lipinski definition) is 3. The molecule has 4 aliphatic rings. The molecule has 0 bridgehead atoms. The van der Waals surface area contributed by atoms with Gasteiger partial charge in [-0.2, -0.15) is 0 Å². The molecule has 0 amide bonds. The molecule has 4 rings (SSSR count). The molecule has 17 heteroatoms. The van der Waals surface area contributed by atoms with Crippen molar-refractivity contribution in [2.75, 3.05) is 21.2 Å². The topological polar surface area (TPSA) is 219 Å². The fourth-order valence-electron chi connectivity index (χ4n) is 8.54. The Morgan fingerprint density at radius 1 is 0.949 bits per heavy atom. The van der Waals surface area contributed by atoms with Gasteiger partial charge in [0.05, 0.1) is 43.0 Å². The fraction of sp³-hybridized carbons (Fsp3) is 0.857. The Balaban J connectivity index is 1.66. The fourth-order valence-corrected chi connectivity index (χ4v) is 8.54. The molecular formula is C42H69NO16. The smallest absolute Gasteiger partial charge is 0.309 e. The highest BCUT2D eigenvalue weighted by Gasteiger charge is 2.53. The lowest BCUT2D eigenvalue weighted by Gasteiger charge is -2.50. The predicted molar refractivity (Wildman–Crippen MR) is 209 cm³/mol. The number of fused-ring (bicyclic) bond motifs is 1. The third-order valence-corrected chi connectivity index (χ3v) is 11.7. The number of likely N-dealkylation sites (N-methyl/N-ethyl adjacent to an activating group) is 1. The summed E-state index contributed by atoms with van der Waals surface area (Å²) in [7, 11) is 4.87. The lowest BCUT2D eigenvalue weighted by molar-refractivity contribution is -0.344. The Labute approximate surface area is 348 Å². The van der Waals surface area contributed by atoms with E-state index in [1.807, 2.05) is 13.8 Å². The highest BCUT2D eigenvalue weighted by molar-refractivity contribution is 5.72. The number of nitrogens with zero attached hydrogens (tertiary/aromatic N) is 1. The Morgan fingerprint density at radius 3 is 2.27 bits per heavy atom. The van der Waals surface area contributed by atoms with Crippen LogP contribution in [0.4, 0.5) is 0 Å². The summed E-state index contributed by atoms with van der Waals surface area (Å²) in [5, 5.41) is 34.7. The first kappa shape index (κ1) is 49.1. The second-order valence-corrected chi connectivity index (χ2v) is 17.1. The molecule has 0 radical (unpaired) electrons. The number of aldehydes is 1. The SMILES string of the molecule is CCCC(=O)O[C@H]1[C@H](C)O[C@@H](O[C@H]2[C@H](N(C)C)[C@@H](O)[C@H](O[C@H]3[C@@H](CC=O)C[C@@H](C)[C@@H](O)/C=C/[C@@H]4O[C@H]4C[C@@H](C)OC(=O)C[C@@H](OC(=O)CC)[C@@H]3OC)O[C@@H]2C)C[C@@]1(C)O. The first-order chi connectivity index (χ1) is 27.8. The standard InChI is InChI=1S/C42H69NO16/c1-11-13-32(47)57-40-25(6)53-34(21-42(40,7)50)58-37-24(5)54-41(36(49)35(37)43(8)9)59-38-26(16-17-44)18-22(3)27(45)14-15-28-29(55-28)19-23(4)52-33(48)20-30(39(38)51-10)56-31(46)12-2/h14-15,17,22-30,34-41,45,49-50H,11-13,16,18-21H2,1-10H3/b15-14+/t22-,23-,24-,25+,26+,27+,28+,29+,30-,34+,35-,36-,37-,38+,39+,40+,41+,42-/m1/s1. The van der Waals surface area contributed by atoms with Crippen LogP contribution in [0.25, 0.3) is 0 Å².